The van der Waals surface area contributed by atoms with Crippen molar-refractivity contribution in [1.29, 1.82) is 0 Å². The van der Waals surface area contributed by atoms with E-state index >= 15 is 0 Å². The number of rotatable bonds is 3. The van der Waals surface area contributed by atoms with Gasteiger partial charge in [0.15, 0.2) is 23.3 Å². The van der Waals surface area contributed by atoms with Crippen LogP contribution in [-0.2, 0) is 0 Å². The van der Waals surface area contributed by atoms with Crippen LogP contribution in [0.4, 0.5) is 20.4 Å². The summed E-state index contributed by atoms with van der Waals surface area (Å²) in [5.74, 6) is -1.99. The number of halogens is 2. The number of pyridine rings is 1. The average Bonchev–Trinajstić information content (AvgIpc) is 2.37. The molecule has 2 rings (SSSR count). The molecule has 0 amide bonds. The van der Waals surface area contributed by atoms with Gasteiger partial charge in [-0.15, -0.1) is 0 Å². The third-order valence-electron chi connectivity index (χ3n) is 2.61. The minimum absolute atomic E-state index is 0.0507. The van der Waals surface area contributed by atoms with Crippen LogP contribution in [0.15, 0.2) is 36.4 Å². The first-order valence-corrected chi connectivity index (χ1v) is 5.51. The van der Waals surface area contributed by atoms with Crippen LogP contribution in [-0.4, -0.2) is 4.98 Å². The molecule has 0 aliphatic heterocycles. The number of hydrogen-bond donors (Lipinski definition) is 2. The van der Waals surface area contributed by atoms with Gasteiger partial charge in [-0.25, -0.2) is 13.8 Å². The molecule has 0 fully saturated rings. The van der Waals surface area contributed by atoms with Gasteiger partial charge in [0.05, 0.1) is 6.04 Å². The van der Waals surface area contributed by atoms with Crippen molar-refractivity contribution in [3.05, 3.63) is 53.6 Å². The minimum Gasteiger partial charge on any atom is -0.381 e. The van der Waals surface area contributed by atoms with Gasteiger partial charge >= 0.3 is 0 Å². The summed E-state index contributed by atoms with van der Waals surface area (Å²) in [4.78, 5) is 3.65. The maximum atomic E-state index is 13.5. The van der Waals surface area contributed by atoms with E-state index < -0.39 is 11.6 Å². The first-order valence-electron chi connectivity index (χ1n) is 5.51. The van der Waals surface area contributed by atoms with Gasteiger partial charge < -0.3 is 11.1 Å². The molecule has 94 valence electrons. The van der Waals surface area contributed by atoms with Gasteiger partial charge in [-0.3, -0.25) is 0 Å². The topological polar surface area (TPSA) is 50.9 Å². The van der Waals surface area contributed by atoms with Crippen molar-refractivity contribution in [3.8, 4) is 0 Å². The van der Waals surface area contributed by atoms with Gasteiger partial charge in [0, 0.05) is 6.07 Å². The smallest absolute Gasteiger partial charge is 0.168 e. The van der Waals surface area contributed by atoms with Crippen LogP contribution in [0.1, 0.15) is 18.5 Å². The summed E-state index contributed by atoms with van der Waals surface area (Å²) in [6, 6.07) is 10.0. The molecule has 0 aliphatic carbocycles. The van der Waals surface area contributed by atoms with Crippen LogP contribution in [0, 0.1) is 11.6 Å². The van der Waals surface area contributed by atoms with E-state index in [-0.39, 0.29) is 17.7 Å². The molecule has 0 bridgehead atoms. The van der Waals surface area contributed by atoms with E-state index in [1.807, 2.05) is 37.3 Å². The molecule has 5 heteroatoms. The fourth-order valence-electron chi connectivity index (χ4n) is 1.61. The molecule has 1 aromatic carbocycles. The van der Waals surface area contributed by atoms with E-state index in [4.69, 9.17) is 5.73 Å². The molecule has 0 aliphatic rings. The van der Waals surface area contributed by atoms with Crippen molar-refractivity contribution in [3.63, 3.8) is 0 Å². The number of benzene rings is 1. The lowest BCUT2D eigenvalue weighted by Crippen LogP contribution is -2.11. The van der Waals surface area contributed by atoms with Gasteiger partial charge in [-0.2, -0.15) is 0 Å². The van der Waals surface area contributed by atoms with E-state index in [9.17, 15) is 8.78 Å². The number of aromatic nitrogens is 1. The maximum Gasteiger partial charge on any atom is 0.168 e. The standard InChI is InChI=1S/C13H13F2N3/c1-8(9-5-3-2-4-6-9)17-13-11(15)7-10(14)12(16)18-13/h2-8H,1H3,(H3,16,17,18). The van der Waals surface area contributed by atoms with E-state index in [2.05, 4.69) is 10.3 Å². The molecule has 3 N–H and O–H groups in total. The Balaban J connectivity index is 2.22. The summed E-state index contributed by atoms with van der Waals surface area (Å²) in [5, 5.41) is 2.86. The second-order valence-electron chi connectivity index (χ2n) is 3.96. The van der Waals surface area contributed by atoms with Crippen LogP contribution in [0.25, 0.3) is 0 Å². The molecule has 1 unspecified atom stereocenters. The fourth-order valence-corrected chi connectivity index (χ4v) is 1.61. The summed E-state index contributed by atoms with van der Waals surface area (Å²) in [6.07, 6.45) is 0. The van der Waals surface area contributed by atoms with Gasteiger partial charge in [0.1, 0.15) is 0 Å². The van der Waals surface area contributed by atoms with Gasteiger partial charge in [0.2, 0.25) is 0 Å². The van der Waals surface area contributed by atoms with Crippen LogP contribution in [0.5, 0.6) is 0 Å². The molecule has 1 atom stereocenters. The summed E-state index contributed by atoms with van der Waals surface area (Å²) >= 11 is 0. The Morgan fingerprint density at radius 1 is 1.17 bits per heavy atom. The van der Waals surface area contributed by atoms with Crippen molar-refractivity contribution in [1.82, 2.24) is 4.98 Å². The number of nitrogens with zero attached hydrogens (tertiary/aromatic N) is 1. The molecule has 18 heavy (non-hydrogen) atoms. The molecule has 1 heterocycles. The predicted molar refractivity (Wildman–Crippen MR) is 67.0 cm³/mol. The van der Waals surface area contributed by atoms with Crippen LogP contribution < -0.4 is 11.1 Å². The van der Waals surface area contributed by atoms with E-state index in [1.165, 1.54) is 0 Å². The largest absolute Gasteiger partial charge is 0.381 e. The normalized spacial score (nSPS) is 12.2. The fraction of sp³-hybridized carbons (Fsp3) is 0.154. The predicted octanol–water partition coefficient (Wildman–Crippen LogP) is 3.12. The third-order valence-corrected chi connectivity index (χ3v) is 2.61. The highest BCUT2D eigenvalue weighted by atomic mass is 19.1. The first-order chi connectivity index (χ1) is 8.58. The quantitative estimate of drug-likeness (QED) is 0.878. The third kappa shape index (κ3) is 2.56. The second-order valence-corrected chi connectivity index (χ2v) is 3.96. The molecule has 2 aromatic rings. The molecule has 0 saturated heterocycles. The molecule has 3 nitrogen and oxygen atoms in total. The Hall–Kier alpha value is -2.17. The molecular weight excluding hydrogens is 236 g/mol. The molecule has 0 spiro atoms. The average molecular weight is 249 g/mol. The zero-order chi connectivity index (χ0) is 13.1. The summed E-state index contributed by atoms with van der Waals surface area (Å²) < 4.78 is 26.5. The number of nitrogens with one attached hydrogen (secondary N) is 1. The van der Waals surface area contributed by atoms with Crippen molar-refractivity contribution >= 4 is 11.6 Å². The lowest BCUT2D eigenvalue weighted by Gasteiger charge is -2.15. The van der Waals surface area contributed by atoms with Crippen LogP contribution in [0.3, 0.4) is 0 Å². The summed E-state index contributed by atoms with van der Waals surface area (Å²) in [5.41, 5.74) is 6.28. The number of hydrogen-bond acceptors (Lipinski definition) is 3. The van der Waals surface area contributed by atoms with Crippen LogP contribution in [0.2, 0.25) is 0 Å². The summed E-state index contributed by atoms with van der Waals surface area (Å²) in [6.45, 7) is 1.86. The zero-order valence-electron chi connectivity index (χ0n) is 9.82. The monoisotopic (exact) mass is 249 g/mol. The first kappa shape index (κ1) is 12.3. The highest BCUT2D eigenvalue weighted by molar-refractivity contribution is 5.46. The Labute approximate surface area is 104 Å². The van der Waals surface area contributed by atoms with Crippen LogP contribution >= 0.6 is 0 Å². The number of anilines is 2. The molecular formula is C13H13F2N3. The van der Waals surface area contributed by atoms with E-state index in [0.717, 1.165) is 11.6 Å². The summed E-state index contributed by atoms with van der Waals surface area (Å²) in [7, 11) is 0. The highest BCUT2D eigenvalue weighted by Crippen LogP contribution is 2.22. The Bertz CT molecular complexity index is 543. The second kappa shape index (κ2) is 5.00. The Morgan fingerprint density at radius 2 is 1.83 bits per heavy atom. The zero-order valence-corrected chi connectivity index (χ0v) is 9.82. The van der Waals surface area contributed by atoms with Gasteiger partial charge in [-0.1, -0.05) is 30.3 Å². The van der Waals surface area contributed by atoms with Crippen molar-refractivity contribution in [2.75, 3.05) is 11.1 Å². The molecule has 1 aromatic heterocycles. The van der Waals surface area contributed by atoms with E-state index in [1.54, 1.807) is 0 Å². The van der Waals surface area contributed by atoms with E-state index in [0.29, 0.717) is 0 Å². The van der Waals surface area contributed by atoms with Gasteiger partial charge in [0.25, 0.3) is 0 Å². The number of nitrogens with two attached hydrogens (primary N) is 1. The Kier molecular flexibility index (Phi) is 3.41. The number of nitrogen functional groups attached to an aromatic ring is 1. The van der Waals surface area contributed by atoms with Crippen molar-refractivity contribution in [2.24, 2.45) is 0 Å². The molecule has 0 radical (unpaired) electrons. The minimum atomic E-state index is -0.856. The SMILES string of the molecule is CC(Nc1nc(N)c(F)cc1F)c1ccccc1. The van der Waals surface area contributed by atoms with Crippen molar-refractivity contribution in [2.45, 2.75) is 13.0 Å². The van der Waals surface area contributed by atoms with Gasteiger partial charge in [-0.05, 0) is 12.5 Å². The van der Waals surface area contributed by atoms with Crippen molar-refractivity contribution < 1.29 is 8.78 Å². The molecule has 0 saturated carbocycles. The Morgan fingerprint density at radius 3 is 2.50 bits per heavy atom. The highest BCUT2D eigenvalue weighted by Gasteiger charge is 2.12. The maximum absolute atomic E-state index is 13.5. The lowest BCUT2D eigenvalue weighted by molar-refractivity contribution is 0.578. The lowest BCUT2D eigenvalue weighted by atomic mass is 10.1.